The lowest BCUT2D eigenvalue weighted by Gasteiger charge is -2.25. The van der Waals surface area contributed by atoms with Crippen LogP contribution in [0.2, 0.25) is 0 Å². The molecule has 1 aromatic heterocycles. The zero-order valence-corrected chi connectivity index (χ0v) is 24.3. The number of allylic oxidation sites excluding steroid dienone is 1. The van der Waals surface area contributed by atoms with Crippen molar-refractivity contribution in [2.24, 2.45) is 4.99 Å². The highest BCUT2D eigenvalue weighted by Crippen LogP contribution is 2.32. The number of esters is 1. The van der Waals surface area contributed by atoms with E-state index in [0.29, 0.717) is 39.6 Å². The molecule has 1 atom stereocenters. The smallest absolute Gasteiger partial charge is 0.338 e. The number of hydrogen-bond donors (Lipinski definition) is 0. The average molecular weight is 569 g/mol. The van der Waals surface area contributed by atoms with Crippen LogP contribution in [-0.4, -0.2) is 23.2 Å². The molecule has 8 heteroatoms. The zero-order valence-electron chi connectivity index (χ0n) is 23.5. The van der Waals surface area contributed by atoms with E-state index in [1.165, 1.54) is 11.3 Å². The summed E-state index contributed by atoms with van der Waals surface area (Å²) in [5, 5.41) is 0. The van der Waals surface area contributed by atoms with Crippen molar-refractivity contribution in [1.29, 1.82) is 0 Å². The summed E-state index contributed by atoms with van der Waals surface area (Å²) in [5.41, 5.74) is 3.37. The van der Waals surface area contributed by atoms with Crippen molar-refractivity contribution in [2.75, 3.05) is 6.61 Å². The standard InChI is InChI=1S/C33H32N2O5S/c1-5-38-26-17-13-25(14-18-26)30-29(32(37)40-21(2)3)22(4)34-33-35(30)31(36)28(41-33)19-23-11-15-27(16-12-23)39-20-24-9-7-6-8-10-24/h6-19,21,30H,5,20H2,1-4H3/b28-19+/t30-/m0/s1. The summed E-state index contributed by atoms with van der Waals surface area (Å²) in [6, 6.07) is 24.3. The molecule has 0 unspecified atom stereocenters. The highest BCUT2D eigenvalue weighted by molar-refractivity contribution is 7.07. The van der Waals surface area contributed by atoms with Gasteiger partial charge in [-0.2, -0.15) is 0 Å². The lowest BCUT2D eigenvalue weighted by atomic mass is 9.96. The summed E-state index contributed by atoms with van der Waals surface area (Å²) in [6.45, 7) is 8.32. The predicted octanol–water partition coefficient (Wildman–Crippen LogP) is 5.16. The van der Waals surface area contributed by atoms with Crippen molar-refractivity contribution < 1.29 is 19.0 Å². The summed E-state index contributed by atoms with van der Waals surface area (Å²) in [7, 11) is 0. The molecule has 0 radical (unpaired) electrons. The van der Waals surface area contributed by atoms with Gasteiger partial charge in [-0.25, -0.2) is 9.79 Å². The summed E-state index contributed by atoms with van der Waals surface area (Å²) in [6.07, 6.45) is 1.53. The molecule has 7 nitrogen and oxygen atoms in total. The molecule has 4 aromatic rings. The molecule has 0 fully saturated rings. The molecule has 0 aliphatic carbocycles. The minimum Gasteiger partial charge on any atom is -0.494 e. The minimum atomic E-state index is -0.677. The Balaban J connectivity index is 1.51. The van der Waals surface area contributed by atoms with Crippen molar-refractivity contribution in [1.82, 2.24) is 4.57 Å². The van der Waals surface area contributed by atoms with E-state index in [-0.39, 0.29) is 11.7 Å². The van der Waals surface area contributed by atoms with Crippen LogP contribution in [0.5, 0.6) is 11.5 Å². The molecule has 0 spiro atoms. The number of hydrogen-bond acceptors (Lipinski definition) is 7. The monoisotopic (exact) mass is 568 g/mol. The van der Waals surface area contributed by atoms with Gasteiger partial charge in [0.25, 0.3) is 5.56 Å². The SMILES string of the molecule is CCOc1ccc([C@H]2C(C(=O)OC(C)C)=C(C)N=c3s/c(=C/c4ccc(OCc5ccccc5)cc4)c(=O)n32)cc1. The van der Waals surface area contributed by atoms with E-state index in [1.807, 2.05) is 91.9 Å². The molecule has 0 saturated carbocycles. The highest BCUT2D eigenvalue weighted by atomic mass is 32.1. The molecule has 3 aromatic carbocycles. The van der Waals surface area contributed by atoms with Crippen LogP contribution in [0.15, 0.2) is 99.9 Å². The van der Waals surface area contributed by atoms with Gasteiger partial charge in [0.15, 0.2) is 4.80 Å². The number of carbonyl (C=O) groups is 1. The summed E-state index contributed by atoms with van der Waals surface area (Å²) in [5.74, 6) is 0.972. The summed E-state index contributed by atoms with van der Waals surface area (Å²) < 4.78 is 19.2. The Hall–Kier alpha value is -4.43. The number of benzene rings is 3. The van der Waals surface area contributed by atoms with Crippen molar-refractivity contribution in [3.8, 4) is 11.5 Å². The van der Waals surface area contributed by atoms with Gasteiger partial charge in [0, 0.05) is 0 Å². The van der Waals surface area contributed by atoms with Crippen molar-refractivity contribution in [3.63, 3.8) is 0 Å². The Morgan fingerprint density at radius 1 is 0.976 bits per heavy atom. The molecular formula is C33H32N2O5S. The largest absolute Gasteiger partial charge is 0.494 e. The molecule has 0 saturated heterocycles. The van der Waals surface area contributed by atoms with Gasteiger partial charge in [-0.05, 0) is 74.7 Å². The Labute approximate surface area is 242 Å². The van der Waals surface area contributed by atoms with Gasteiger partial charge in [-0.15, -0.1) is 0 Å². The second kappa shape index (κ2) is 12.4. The third kappa shape index (κ3) is 6.33. The summed E-state index contributed by atoms with van der Waals surface area (Å²) >= 11 is 1.30. The van der Waals surface area contributed by atoms with Crippen LogP contribution in [-0.2, 0) is 16.1 Å². The normalized spacial score (nSPS) is 15.0. The van der Waals surface area contributed by atoms with Gasteiger partial charge in [0.05, 0.1) is 34.6 Å². The molecule has 41 heavy (non-hydrogen) atoms. The Bertz CT molecular complexity index is 1730. The molecule has 1 aliphatic rings. The maximum atomic E-state index is 13.9. The van der Waals surface area contributed by atoms with Crippen LogP contribution < -0.4 is 24.4 Å². The number of fused-ring (bicyclic) bond motifs is 1. The molecule has 1 aliphatic heterocycles. The number of thiazole rings is 1. The Kier molecular flexibility index (Phi) is 8.50. The van der Waals surface area contributed by atoms with E-state index < -0.39 is 12.0 Å². The lowest BCUT2D eigenvalue weighted by molar-refractivity contribution is -0.143. The number of nitrogens with zero attached hydrogens (tertiary/aromatic N) is 2. The first kappa shape index (κ1) is 28.1. The predicted molar refractivity (Wildman–Crippen MR) is 160 cm³/mol. The van der Waals surface area contributed by atoms with Gasteiger partial charge in [-0.3, -0.25) is 9.36 Å². The fourth-order valence-electron chi connectivity index (χ4n) is 4.64. The quantitative estimate of drug-likeness (QED) is 0.261. The van der Waals surface area contributed by atoms with E-state index in [0.717, 1.165) is 22.4 Å². The van der Waals surface area contributed by atoms with Gasteiger partial charge in [0.2, 0.25) is 0 Å². The van der Waals surface area contributed by atoms with Crippen molar-refractivity contribution >= 4 is 23.4 Å². The Morgan fingerprint density at radius 3 is 2.29 bits per heavy atom. The van der Waals surface area contributed by atoms with Crippen LogP contribution in [0.4, 0.5) is 0 Å². The van der Waals surface area contributed by atoms with Crippen molar-refractivity contribution in [3.05, 3.63) is 127 Å². The molecule has 0 bridgehead atoms. The van der Waals surface area contributed by atoms with Gasteiger partial charge < -0.3 is 14.2 Å². The molecule has 2 heterocycles. The lowest BCUT2D eigenvalue weighted by Crippen LogP contribution is -2.40. The Morgan fingerprint density at radius 2 is 1.63 bits per heavy atom. The number of carbonyl (C=O) groups excluding carboxylic acids is 1. The maximum Gasteiger partial charge on any atom is 0.338 e. The second-order valence-corrected chi connectivity index (χ2v) is 10.9. The van der Waals surface area contributed by atoms with E-state index in [1.54, 1.807) is 25.3 Å². The number of rotatable bonds is 9. The van der Waals surface area contributed by atoms with Crippen LogP contribution in [0, 0.1) is 0 Å². The fourth-order valence-corrected chi connectivity index (χ4v) is 5.69. The van der Waals surface area contributed by atoms with Crippen molar-refractivity contribution in [2.45, 2.75) is 46.4 Å². The molecular weight excluding hydrogens is 536 g/mol. The van der Waals surface area contributed by atoms with Crippen LogP contribution >= 0.6 is 11.3 Å². The first-order valence-corrected chi connectivity index (χ1v) is 14.4. The molecule has 0 amide bonds. The third-order valence-corrected chi connectivity index (χ3v) is 7.50. The summed E-state index contributed by atoms with van der Waals surface area (Å²) in [4.78, 5) is 32.3. The topological polar surface area (TPSA) is 79.1 Å². The van der Waals surface area contributed by atoms with E-state index in [9.17, 15) is 9.59 Å². The van der Waals surface area contributed by atoms with Crippen LogP contribution in [0.3, 0.4) is 0 Å². The number of aromatic nitrogens is 1. The zero-order chi connectivity index (χ0) is 28.9. The molecule has 210 valence electrons. The molecule has 0 N–H and O–H groups in total. The molecule has 5 rings (SSSR count). The fraction of sp³-hybridized carbons (Fsp3) is 0.242. The van der Waals surface area contributed by atoms with E-state index in [2.05, 4.69) is 4.99 Å². The van der Waals surface area contributed by atoms with Gasteiger partial charge in [-0.1, -0.05) is 65.9 Å². The van der Waals surface area contributed by atoms with Crippen LogP contribution in [0.1, 0.15) is 50.4 Å². The van der Waals surface area contributed by atoms with Gasteiger partial charge >= 0.3 is 5.97 Å². The first-order valence-electron chi connectivity index (χ1n) is 13.6. The third-order valence-electron chi connectivity index (χ3n) is 6.52. The highest BCUT2D eigenvalue weighted by Gasteiger charge is 2.33. The maximum absolute atomic E-state index is 13.9. The second-order valence-electron chi connectivity index (χ2n) is 9.88. The van der Waals surface area contributed by atoms with Crippen LogP contribution in [0.25, 0.3) is 6.08 Å². The first-order chi connectivity index (χ1) is 19.8. The van der Waals surface area contributed by atoms with Gasteiger partial charge in [0.1, 0.15) is 18.1 Å². The average Bonchev–Trinajstić information content (AvgIpc) is 3.26. The number of ether oxygens (including phenoxy) is 3. The van der Waals surface area contributed by atoms with E-state index >= 15 is 0 Å². The minimum absolute atomic E-state index is 0.223. The van der Waals surface area contributed by atoms with E-state index in [4.69, 9.17) is 14.2 Å².